The highest BCUT2D eigenvalue weighted by Gasteiger charge is 2.42. The molecule has 1 fully saturated rings. The van der Waals surface area contributed by atoms with E-state index in [0.717, 1.165) is 16.7 Å². The molecule has 50 heavy (non-hydrogen) atoms. The Labute approximate surface area is 284 Å². The average Bonchev–Trinajstić information content (AvgIpc) is 3.24. The molecule has 1 saturated heterocycles. The Morgan fingerprint density at radius 1 is 1.00 bits per heavy atom. The Hall–Kier alpha value is -5.15. The van der Waals surface area contributed by atoms with E-state index in [4.69, 9.17) is 15.2 Å². The van der Waals surface area contributed by atoms with Gasteiger partial charge in [-0.15, -0.1) is 0 Å². The number of halogens is 4. The second-order valence-electron chi connectivity index (χ2n) is 13.2. The van der Waals surface area contributed by atoms with E-state index in [1.54, 1.807) is 39.5 Å². The van der Waals surface area contributed by atoms with Gasteiger partial charge in [0.1, 0.15) is 34.6 Å². The van der Waals surface area contributed by atoms with Gasteiger partial charge in [0.15, 0.2) is 0 Å². The minimum absolute atomic E-state index is 0.0153. The zero-order chi connectivity index (χ0) is 36.3. The number of aromatic nitrogens is 4. The zero-order valence-corrected chi connectivity index (χ0v) is 28.2. The Bertz CT molecular complexity index is 2080. The number of benzene rings is 1. The molecule has 0 aliphatic carbocycles. The number of ether oxygens (including phenoxy) is 2. The summed E-state index contributed by atoms with van der Waals surface area (Å²) in [6.07, 6.45) is -3.59. The van der Waals surface area contributed by atoms with Gasteiger partial charge >= 0.3 is 12.3 Å². The van der Waals surface area contributed by atoms with Gasteiger partial charge in [-0.3, -0.25) is 18.7 Å². The SMILES string of the molecule is CCc1ncnc(CC)c1-n1c(=O)c2c(c3cc(C(F)(F)F)n(-c4c(N)cccc4F)c(=O)c31)N1CCN(C(=O)OC(C)(C)C)C[C@@H]1CCO2. The number of piperazine rings is 1. The van der Waals surface area contributed by atoms with Crippen LogP contribution >= 0.6 is 0 Å². The molecule has 1 atom stereocenters. The van der Waals surface area contributed by atoms with Gasteiger partial charge in [-0.2, -0.15) is 13.2 Å². The third kappa shape index (κ3) is 5.89. The number of amides is 1. The van der Waals surface area contributed by atoms with Crippen LogP contribution < -0.4 is 26.5 Å². The maximum absolute atomic E-state index is 15.4. The number of fused-ring (bicyclic) bond motifs is 5. The Balaban J connectivity index is 1.74. The first-order chi connectivity index (χ1) is 23.6. The maximum atomic E-state index is 15.4. The number of carbonyl (C=O) groups excluding carboxylic acids is 1. The van der Waals surface area contributed by atoms with Crippen molar-refractivity contribution in [3.05, 3.63) is 74.2 Å². The summed E-state index contributed by atoms with van der Waals surface area (Å²) in [5.41, 5.74) is 0.679. The summed E-state index contributed by atoms with van der Waals surface area (Å²) in [6.45, 7) is 9.04. The molecule has 0 radical (unpaired) electrons. The number of nitrogens with zero attached hydrogens (tertiary/aromatic N) is 6. The van der Waals surface area contributed by atoms with Gasteiger partial charge < -0.3 is 25.0 Å². The predicted molar refractivity (Wildman–Crippen MR) is 178 cm³/mol. The molecule has 266 valence electrons. The van der Waals surface area contributed by atoms with E-state index in [9.17, 15) is 14.4 Å². The number of aryl methyl sites for hydroxylation is 2. The lowest BCUT2D eigenvalue weighted by atomic mass is 10.0. The first-order valence-electron chi connectivity index (χ1n) is 16.3. The van der Waals surface area contributed by atoms with Gasteiger partial charge in [-0.1, -0.05) is 19.9 Å². The van der Waals surface area contributed by atoms with Gasteiger partial charge in [-0.25, -0.2) is 19.2 Å². The molecule has 2 aliphatic heterocycles. The summed E-state index contributed by atoms with van der Waals surface area (Å²) in [4.78, 5) is 54.4. The van der Waals surface area contributed by atoms with Crippen LogP contribution in [-0.4, -0.2) is 68.0 Å². The van der Waals surface area contributed by atoms with Crippen molar-refractivity contribution in [2.75, 3.05) is 36.9 Å². The molecule has 0 unspecified atom stereocenters. The largest absolute Gasteiger partial charge is 0.486 e. The first-order valence-corrected chi connectivity index (χ1v) is 16.3. The second-order valence-corrected chi connectivity index (χ2v) is 13.2. The Kier molecular flexibility index (Phi) is 8.76. The minimum atomic E-state index is -5.19. The van der Waals surface area contributed by atoms with E-state index < -0.39 is 63.4 Å². The third-order valence-corrected chi connectivity index (χ3v) is 8.79. The third-order valence-electron chi connectivity index (χ3n) is 8.79. The summed E-state index contributed by atoms with van der Waals surface area (Å²) in [6, 6.07) is 3.49. The van der Waals surface area contributed by atoms with E-state index in [1.807, 2.05) is 0 Å². The smallest absolute Gasteiger partial charge is 0.431 e. The summed E-state index contributed by atoms with van der Waals surface area (Å²) in [5, 5.41) is -0.256. The zero-order valence-electron chi connectivity index (χ0n) is 28.2. The predicted octanol–water partition coefficient (Wildman–Crippen LogP) is 5.00. The normalized spacial score (nSPS) is 16.5. The van der Waals surface area contributed by atoms with Crippen molar-refractivity contribution in [1.29, 1.82) is 0 Å². The van der Waals surface area contributed by atoms with Gasteiger partial charge in [0, 0.05) is 31.4 Å². The van der Waals surface area contributed by atoms with Gasteiger partial charge in [0.2, 0.25) is 5.75 Å². The fraction of sp³-hybridized carbons (Fsp3) is 0.441. The molecule has 12 nitrogen and oxygen atoms in total. The number of alkyl halides is 3. The van der Waals surface area contributed by atoms with Gasteiger partial charge in [0.05, 0.1) is 41.1 Å². The number of pyridine rings is 2. The van der Waals surface area contributed by atoms with Crippen LogP contribution in [-0.2, 0) is 23.8 Å². The quantitative estimate of drug-likeness (QED) is 0.230. The lowest BCUT2D eigenvalue weighted by molar-refractivity contribution is -0.142. The lowest BCUT2D eigenvalue weighted by Gasteiger charge is -2.42. The number of nitrogen functional groups attached to an aromatic ring is 1. The highest BCUT2D eigenvalue weighted by molar-refractivity contribution is 5.97. The second kappa shape index (κ2) is 12.6. The van der Waals surface area contributed by atoms with Crippen molar-refractivity contribution >= 4 is 28.4 Å². The summed E-state index contributed by atoms with van der Waals surface area (Å²) in [7, 11) is 0. The van der Waals surface area contributed by atoms with E-state index in [1.165, 1.54) is 23.4 Å². The first kappa shape index (κ1) is 34.7. The average molecular weight is 700 g/mol. The van der Waals surface area contributed by atoms with Crippen molar-refractivity contribution in [2.24, 2.45) is 0 Å². The molecule has 3 aromatic heterocycles. The summed E-state index contributed by atoms with van der Waals surface area (Å²) < 4.78 is 73.4. The molecular weight excluding hydrogens is 662 g/mol. The topological polar surface area (TPSA) is 138 Å². The highest BCUT2D eigenvalue weighted by atomic mass is 19.4. The fourth-order valence-electron chi connectivity index (χ4n) is 6.67. The molecule has 0 spiro atoms. The standard InChI is InChI=1S/C34H37F4N7O5/c1-6-22-28(23(7-2)41-17-40-22)45-26-19(15-24(34(36,37)38)44(30(26)46)27-20(35)9-8-10-21(27)39)25-29(31(45)47)49-14-11-18-16-42(12-13-43(18)25)32(48)50-33(3,4)5/h8-10,15,17-18H,6-7,11-14,16,39H2,1-5H3/t18-/m0/s1. The number of hydrogen-bond acceptors (Lipinski definition) is 9. The number of carbonyl (C=O) groups is 1. The molecule has 0 bridgehead atoms. The molecule has 1 aromatic carbocycles. The number of anilines is 2. The van der Waals surface area contributed by atoms with Crippen LogP contribution in [0.4, 0.5) is 33.7 Å². The van der Waals surface area contributed by atoms with Crippen LogP contribution in [0.3, 0.4) is 0 Å². The van der Waals surface area contributed by atoms with Crippen LogP contribution in [0.5, 0.6) is 5.75 Å². The van der Waals surface area contributed by atoms with Gasteiger partial charge in [0.25, 0.3) is 11.1 Å². The fourth-order valence-corrected chi connectivity index (χ4v) is 6.67. The number of para-hydroxylation sites is 1. The van der Waals surface area contributed by atoms with Crippen LogP contribution in [0.1, 0.15) is 58.1 Å². The molecule has 4 aromatic rings. The van der Waals surface area contributed by atoms with E-state index in [0.29, 0.717) is 17.8 Å². The van der Waals surface area contributed by atoms with Crippen molar-refractivity contribution in [1.82, 2.24) is 24.0 Å². The van der Waals surface area contributed by atoms with Crippen molar-refractivity contribution in [2.45, 2.75) is 71.7 Å². The number of hydrogen-bond donors (Lipinski definition) is 1. The molecular formula is C34H37F4N7O5. The highest BCUT2D eigenvalue weighted by Crippen LogP contribution is 2.42. The van der Waals surface area contributed by atoms with Gasteiger partial charge in [-0.05, 0) is 51.8 Å². The minimum Gasteiger partial charge on any atom is -0.486 e. The summed E-state index contributed by atoms with van der Waals surface area (Å²) >= 11 is 0. The van der Waals surface area contributed by atoms with Crippen molar-refractivity contribution in [3.8, 4) is 17.1 Å². The molecule has 6 rings (SSSR count). The molecule has 5 heterocycles. The van der Waals surface area contributed by atoms with E-state index in [2.05, 4.69) is 9.97 Å². The van der Waals surface area contributed by atoms with Crippen LogP contribution in [0.2, 0.25) is 0 Å². The van der Waals surface area contributed by atoms with Crippen molar-refractivity contribution < 1.29 is 31.8 Å². The molecule has 1 amide bonds. The molecule has 16 heteroatoms. The van der Waals surface area contributed by atoms with Crippen LogP contribution in [0, 0.1) is 5.82 Å². The van der Waals surface area contributed by atoms with Crippen LogP contribution in [0.15, 0.2) is 40.2 Å². The number of rotatable bonds is 4. The Morgan fingerprint density at radius 3 is 2.28 bits per heavy atom. The molecule has 2 N–H and O–H groups in total. The van der Waals surface area contributed by atoms with E-state index >= 15 is 17.6 Å². The molecule has 0 saturated carbocycles. The Morgan fingerprint density at radius 2 is 1.68 bits per heavy atom. The van der Waals surface area contributed by atoms with Crippen LogP contribution in [0.25, 0.3) is 22.3 Å². The number of nitrogens with two attached hydrogens (primary N) is 1. The monoisotopic (exact) mass is 699 g/mol. The molecule has 2 aliphatic rings. The lowest BCUT2D eigenvalue weighted by Crippen LogP contribution is -2.55. The maximum Gasteiger partial charge on any atom is 0.431 e. The van der Waals surface area contributed by atoms with Crippen molar-refractivity contribution in [3.63, 3.8) is 0 Å². The van der Waals surface area contributed by atoms with E-state index in [-0.39, 0.29) is 66.2 Å². The summed E-state index contributed by atoms with van der Waals surface area (Å²) in [5.74, 6) is -1.44.